The highest BCUT2D eigenvalue weighted by Gasteiger charge is 2.29. The van der Waals surface area contributed by atoms with Gasteiger partial charge in [0.1, 0.15) is 11.7 Å². The minimum Gasteiger partial charge on any atom is -0.481 e. The highest BCUT2D eigenvalue weighted by atomic mass is 19.1. The molecular formula is C27H31FN4O4. The van der Waals surface area contributed by atoms with Crippen LogP contribution in [0.15, 0.2) is 47.5 Å². The van der Waals surface area contributed by atoms with Gasteiger partial charge in [0.05, 0.1) is 18.7 Å². The van der Waals surface area contributed by atoms with Crippen molar-refractivity contribution in [1.82, 2.24) is 19.9 Å². The smallest absolute Gasteiger partial charge is 0.305 e. The van der Waals surface area contributed by atoms with Gasteiger partial charge in [-0.3, -0.25) is 14.4 Å². The van der Waals surface area contributed by atoms with Crippen LogP contribution in [0.1, 0.15) is 61.2 Å². The quantitative estimate of drug-likeness (QED) is 0.459. The maximum Gasteiger partial charge on any atom is 0.305 e. The lowest BCUT2D eigenvalue weighted by atomic mass is 10.0. The van der Waals surface area contributed by atoms with E-state index in [2.05, 4.69) is 15.3 Å². The van der Waals surface area contributed by atoms with E-state index >= 15 is 0 Å². The van der Waals surface area contributed by atoms with Gasteiger partial charge in [-0.05, 0) is 55.9 Å². The molecule has 2 heterocycles. The molecule has 8 nitrogen and oxygen atoms in total. The van der Waals surface area contributed by atoms with Gasteiger partial charge in [-0.1, -0.05) is 32.0 Å². The van der Waals surface area contributed by atoms with E-state index in [0.717, 1.165) is 22.9 Å². The molecule has 0 saturated carbocycles. The number of carboxylic acids is 1. The number of rotatable bonds is 9. The second-order valence-corrected chi connectivity index (χ2v) is 9.45. The van der Waals surface area contributed by atoms with Crippen LogP contribution in [-0.4, -0.2) is 31.5 Å². The Kier molecular flexibility index (Phi) is 8.34. The first-order valence-electron chi connectivity index (χ1n) is 11.8. The molecule has 0 unspecified atom stereocenters. The lowest BCUT2D eigenvalue weighted by Crippen LogP contribution is -2.40. The molecule has 0 radical (unpaired) electrons. The molecular weight excluding hydrogens is 463 g/mol. The molecule has 1 aromatic carbocycles. The van der Waals surface area contributed by atoms with Crippen molar-refractivity contribution in [1.29, 1.82) is 0 Å². The van der Waals surface area contributed by atoms with Crippen LogP contribution in [-0.2, 0) is 9.59 Å². The van der Waals surface area contributed by atoms with Gasteiger partial charge in [0.2, 0.25) is 5.91 Å². The number of aryl methyl sites for hydroxylation is 3. The molecule has 0 saturated heterocycles. The third kappa shape index (κ3) is 6.21. The molecule has 0 fully saturated rings. The largest absolute Gasteiger partial charge is 0.481 e. The number of nitrogens with one attached hydrogen (secondary N) is 1. The number of hydrogen-bond donors (Lipinski definition) is 2. The molecule has 9 heteroatoms. The van der Waals surface area contributed by atoms with Crippen LogP contribution in [0.5, 0.6) is 0 Å². The molecule has 36 heavy (non-hydrogen) atoms. The number of hydrogen-bond acceptors (Lipinski definition) is 5. The number of halogens is 1. The highest BCUT2D eigenvalue weighted by Crippen LogP contribution is 2.27. The summed E-state index contributed by atoms with van der Waals surface area (Å²) in [6, 6.07) is 6.61. The number of pyridine rings is 1. The second kappa shape index (κ2) is 11.2. The predicted octanol–water partition coefficient (Wildman–Crippen LogP) is 4.29. The number of nitrogens with zero attached hydrogens (tertiary/aromatic N) is 3. The van der Waals surface area contributed by atoms with Gasteiger partial charge in [0, 0.05) is 17.8 Å². The van der Waals surface area contributed by atoms with Gasteiger partial charge in [-0.15, -0.1) is 0 Å². The van der Waals surface area contributed by atoms with Gasteiger partial charge >= 0.3 is 5.97 Å². The predicted molar refractivity (Wildman–Crippen MR) is 134 cm³/mol. The Morgan fingerprint density at radius 2 is 1.81 bits per heavy atom. The second-order valence-electron chi connectivity index (χ2n) is 9.45. The van der Waals surface area contributed by atoms with Gasteiger partial charge < -0.3 is 15.0 Å². The maximum atomic E-state index is 15.0. The third-order valence-corrected chi connectivity index (χ3v) is 5.94. The van der Waals surface area contributed by atoms with E-state index in [-0.39, 0.29) is 23.0 Å². The summed E-state index contributed by atoms with van der Waals surface area (Å²) in [5.74, 6) is -2.37. The molecule has 0 aliphatic carbocycles. The van der Waals surface area contributed by atoms with Gasteiger partial charge in [-0.25, -0.2) is 14.4 Å². The minimum absolute atomic E-state index is 0.0540. The molecule has 2 atom stereocenters. The molecule has 3 aromatic rings. The standard InChI is InChI=1S/C27H31FN4O4/c1-15(2)11-21(32-10-9-16(3)12-22(32)33)27(36)30-20(13-23(34)35)25-19(28)14-29-26(31-25)24-17(4)7-6-8-18(24)5/h6-10,12,14-15,20-21H,11,13H2,1-5H3,(H,30,36)(H,34,35)/t20-,21-/m0/s1. The summed E-state index contributed by atoms with van der Waals surface area (Å²) < 4.78 is 16.3. The van der Waals surface area contributed by atoms with Gasteiger partial charge in [-0.2, -0.15) is 0 Å². The number of carbonyl (C=O) groups excluding carboxylic acids is 1. The molecule has 0 spiro atoms. The Labute approximate surface area is 209 Å². The molecule has 3 rings (SSSR count). The SMILES string of the molecule is Cc1ccn([C@@H](CC(C)C)C(=O)N[C@@H](CC(=O)O)c2nc(-c3c(C)cccc3C)ncc2F)c(=O)c1. The van der Waals surface area contributed by atoms with E-state index in [1.165, 1.54) is 10.6 Å². The van der Waals surface area contributed by atoms with Crippen LogP contribution in [0.2, 0.25) is 0 Å². The van der Waals surface area contributed by atoms with Crippen molar-refractivity contribution in [3.8, 4) is 11.4 Å². The van der Waals surface area contributed by atoms with E-state index in [9.17, 15) is 23.9 Å². The number of aromatic nitrogens is 3. The zero-order valence-electron chi connectivity index (χ0n) is 21.1. The number of carboxylic acid groups (broad SMARTS) is 1. The van der Waals surface area contributed by atoms with Crippen LogP contribution >= 0.6 is 0 Å². The average molecular weight is 495 g/mol. The Bertz CT molecular complexity index is 1320. The van der Waals surface area contributed by atoms with Crippen LogP contribution in [0.25, 0.3) is 11.4 Å². The van der Waals surface area contributed by atoms with Gasteiger partial charge in [0.15, 0.2) is 11.6 Å². The number of carbonyl (C=O) groups is 2. The van der Waals surface area contributed by atoms with E-state index in [1.54, 1.807) is 19.2 Å². The molecule has 0 aliphatic heterocycles. The highest BCUT2D eigenvalue weighted by molar-refractivity contribution is 5.81. The molecule has 1 amide bonds. The molecule has 2 aromatic heterocycles. The molecule has 0 aliphatic rings. The number of amides is 1. The Morgan fingerprint density at radius 3 is 2.39 bits per heavy atom. The van der Waals surface area contributed by atoms with Crippen LogP contribution < -0.4 is 10.9 Å². The first-order chi connectivity index (χ1) is 17.0. The van der Waals surface area contributed by atoms with Crippen molar-refractivity contribution >= 4 is 11.9 Å². The zero-order valence-corrected chi connectivity index (χ0v) is 21.1. The van der Waals surface area contributed by atoms with Crippen molar-refractivity contribution in [3.63, 3.8) is 0 Å². The first-order valence-corrected chi connectivity index (χ1v) is 11.8. The van der Waals surface area contributed by atoms with Crippen LogP contribution in [0.3, 0.4) is 0 Å². The summed E-state index contributed by atoms with van der Waals surface area (Å²) in [6.45, 7) is 9.35. The third-order valence-electron chi connectivity index (χ3n) is 5.94. The van der Waals surface area contributed by atoms with E-state index in [4.69, 9.17) is 0 Å². The lowest BCUT2D eigenvalue weighted by molar-refractivity contribution is -0.138. The number of benzene rings is 1. The normalized spacial score (nSPS) is 12.9. The van der Waals surface area contributed by atoms with E-state index in [1.807, 2.05) is 45.9 Å². The van der Waals surface area contributed by atoms with Crippen molar-refractivity contribution in [2.24, 2.45) is 5.92 Å². The fraction of sp³-hybridized carbons (Fsp3) is 0.370. The summed E-state index contributed by atoms with van der Waals surface area (Å²) in [4.78, 5) is 46.2. The first kappa shape index (κ1) is 26.7. The summed E-state index contributed by atoms with van der Waals surface area (Å²) in [5.41, 5.74) is 2.65. The van der Waals surface area contributed by atoms with E-state index in [0.29, 0.717) is 12.0 Å². The fourth-order valence-electron chi connectivity index (χ4n) is 4.21. The fourth-order valence-corrected chi connectivity index (χ4v) is 4.21. The molecule has 190 valence electrons. The summed E-state index contributed by atoms with van der Waals surface area (Å²) in [6.07, 6.45) is 2.26. The Morgan fingerprint density at radius 1 is 1.14 bits per heavy atom. The summed E-state index contributed by atoms with van der Waals surface area (Å²) in [5, 5.41) is 12.2. The topological polar surface area (TPSA) is 114 Å². The minimum atomic E-state index is -1.27. The monoisotopic (exact) mass is 494 g/mol. The van der Waals surface area contributed by atoms with Crippen molar-refractivity contribution in [3.05, 3.63) is 81.3 Å². The van der Waals surface area contributed by atoms with Crippen molar-refractivity contribution in [2.75, 3.05) is 0 Å². The Hall–Kier alpha value is -3.88. The molecule has 2 N–H and O–H groups in total. The van der Waals surface area contributed by atoms with Crippen molar-refractivity contribution in [2.45, 2.75) is 59.5 Å². The maximum absolute atomic E-state index is 15.0. The van der Waals surface area contributed by atoms with Crippen LogP contribution in [0.4, 0.5) is 4.39 Å². The zero-order chi connectivity index (χ0) is 26.6. The average Bonchev–Trinajstić information content (AvgIpc) is 2.78. The van der Waals surface area contributed by atoms with Gasteiger partial charge in [0.25, 0.3) is 5.56 Å². The van der Waals surface area contributed by atoms with Crippen molar-refractivity contribution < 1.29 is 19.1 Å². The van der Waals surface area contributed by atoms with Crippen LogP contribution in [0, 0.1) is 32.5 Å². The number of aliphatic carboxylic acids is 1. The Balaban J connectivity index is 2.04. The van der Waals surface area contributed by atoms with E-state index < -0.39 is 36.2 Å². The lowest BCUT2D eigenvalue weighted by Gasteiger charge is -2.25. The molecule has 0 bridgehead atoms. The summed E-state index contributed by atoms with van der Waals surface area (Å²) >= 11 is 0. The summed E-state index contributed by atoms with van der Waals surface area (Å²) in [7, 11) is 0.